The molecule has 0 amide bonds. The molecule has 31 heavy (non-hydrogen) atoms. The van der Waals surface area contributed by atoms with E-state index in [1.807, 2.05) is 24.3 Å². The number of ether oxygens (including phenoxy) is 1. The van der Waals surface area contributed by atoms with Gasteiger partial charge in [0.1, 0.15) is 5.75 Å². The highest BCUT2D eigenvalue weighted by Gasteiger charge is 2.33. The summed E-state index contributed by atoms with van der Waals surface area (Å²) >= 11 is 4.69. The van der Waals surface area contributed by atoms with Crippen molar-refractivity contribution in [3.63, 3.8) is 0 Å². The maximum Gasteiger partial charge on any atom is 0.338 e. The Hall–Kier alpha value is -2.97. The molecule has 0 fully saturated rings. The van der Waals surface area contributed by atoms with Crippen molar-refractivity contribution in [3.8, 4) is 5.75 Å². The minimum absolute atomic E-state index is 0.156. The Morgan fingerprint density at radius 3 is 2.55 bits per heavy atom. The summed E-state index contributed by atoms with van der Waals surface area (Å²) in [6, 6.07) is 13.5. The largest absolute Gasteiger partial charge is 0.508 e. The van der Waals surface area contributed by atoms with Gasteiger partial charge in [-0.05, 0) is 55.3 Å². The van der Waals surface area contributed by atoms with Gasteiger partial charge in [-0.25, -0.2) is 9.79 Å². The molecular formula is C23H19BrN2O4S. The van der Waals surface area contributed by atoms with Crippen molar-refractivity contribution >= 4 is 39.3 Å². The lowest BCUT2D eigenvalue weighted by Crippen LogP contribution is -2.39. The number of allylic oxidation sites excluding steroid dienone is 1. The van der Waals surface area contributed by atoms with Crippen LogP contribution in [0.3, 0.4) is 0 Å². The fraction of sp³-hybridized carbons (Fsp3) is 0.174. The minimum Gasteiger partial charge on any atom is -0.508 e. The lowest BCUT2D eigenvalue weighted by molar-refractivity contribution is -0.139. The van der Waals surface area contributed by atoms with Crippen molar-refractivity contribution in [1.82, 2.24) is 4.57 Å². The van der Waals surface area contributed by atoms with E-state index in [0.717, 1.165) is 15.6 Å². The van der Waals surface area contributed by atoms with E-state index < -0.39 is 12.0 Å². The highest BCUT2D eigenvalue weighted by molar-refractivity contribution is 9.10. The molecule has 0 radical (unpaired) electrons. The van der Waals surface area contributed by atoms with Gasteiger partial charge in [0.05, 0.1) is 28.5 Å². The highest BCUT2D eigenvalue weighted by atomic mass is 79.9. The summed E-state index contributed by atoms with van der Waals surface area (Å²) in [7, 11) is 0. The number of fused-ring (bicyclic) bond motifs is 1. The number of carbonyl (C=O) groups is 1. The lowest BCUT2D eigenvalue weighted by Gasteiger charge is -2.24. The first-order chi connectivity index (χ1) is 14.9. The predicted octanol–water partition coefficient (Wildman–Crippen LogP) is 3.27. The Bertz CT molecular complexity index is 1350. The van der Waals surface area contributed by atoms with E-state index in [2.05, 4.69) is 20.9 Å². The van der Waals surface area contributed by atoms with Crippen LogP contribution in [-0.4, -0.2) is 22.2 Å². The molecule has 1 aliphatic heterocycles. The molecule has 4 rings (SSSR count). The number of phenols is 1. The number of aromatic hydroxyl groups is 1. The average Bonchev–Trinajstić information content (AvgIpc) is 3.04. The molecule has 6 nitrogen and oxygen atoms in total. The average molecular weight is 499 g/mol. The second-order valence-corrected chi connectivity index (χ2v) is 8.87. The fourth-order valence-electron chi connectivity index (χ4n) is 3.47. The number of rotatable bonds is 4. The number of nitrogens with zero attached hydrogens (tertiary/aromatic N) is 2. The van der Waals surface area contributed by atoms with Gasteiger partial charge in [-0.2, -0.15) is 0 Å². The number of carbonyl (C=O) groups excluding carboxylic acids is 1. The molecule has 0 unspecified atom stereocenters. The maximum absolute atomic E-state index is 13.4. The van der Waals surface area contributed by atoms with Crippen molar-refractivity contribution in [3.05, 3.63) is 95.1 Å². The second kappa shape index (κ2) is 8.64. The van der Waals surface area contributed by atoms with Gasteiger partial charge in [0.15, 0.2) is 4.80 Å². The zero-order valence-electron chi connectivity index (χ0n) is 16.8. The van der Waals surface area contributed by atoms with Crippen molar-refractivity contribution < 1.29 is 14.6 Å². The molecule has 1 aromatic heterocycles. The number of benzene rings is 2. The Kier molecular flexibility index (Phi) is 5.93. The van der Waals surface area contributed by atoms with Crippen LogP contribution in [0.15, 0.2) is 74.1 Å². The molecule has 1 aliphatic rings. The van der Waals surface area contributed by atoms with Gasteiger partial charge in [-0.3, -0.25) is 9.36 Å². The lowest BCUT2D eigenvalue weighted by atomic mass is 9.96. The molecule has 0 bridgehead atoms. The first-order valence-electron chi connectivity index (χ1n) is 9.63. The van der Waals surface area contributed by atoms with Gasteiger partial charge >= 0.3 is 5.97 Å². The number of thiazole rings is 1. The van der Waals surface area contributed by atoms with Crippen LogP contribution in [-0.2, 0) is 9.53 Å². The van der Waals surface area contributed by atoms with Gasteiger partial charge in [0.2, 0.25) is 0 Å². The highest BCUT2D eigenvalue weighted by Crippen LogP contribution is 2.31. The summed E-state index contributed by atoms with van der Waals surface area (Å²) in [4.78, 5) is 31.3. The molecule has 1 atom stereocenters. The van der Waals surface area contributed by atoms with Gasteiger partial charge in [0.25, 0.3) is 5.56 Å². The zero-order valence-corrected chi connectivity index (χ0v) is 19.2. The van der Waals surface area contributed by atoms with Gasteiger partial charge in [0, 0.05) is 4.47 Å². The molecule has 2 heterocycles. The number of esters is 1. The van der Waals surface area contributed by atoms with Crippen molar-refractivity contribution in [2.45, 2.75) is 19.9 Å². The molecule has 158 valence electrons. The first kappa shape index (κ1) is 21.3. The molecule has 8 heteroatoms. The van der Waals surface area contributed by atoms with Crippen molar-refractivity contribution in [2.24, 2.45) is 4.99 Å². The number of aromatic nitrogens is 1. The minimum atomic E-state index is -0.634. The summed E-state index contributed by atoms with van der Waals surface area (Å²) in [5.74, 6) is -0.326. The third-order valence-corrected chi connectivity index (χ3v) is 6.41. The maximum atomic E-state index is 13.4. The Morgan fingerprint density at radius 1 is 1.23 bits per heavy atom. The first-order valence-corrected chi connectivity index (χ1v) is 11.2. The van der Waals surface area contributed by atoms with Crippen LogP contribution in [0.4, 0.5) is 0 Å². The van der Waals surface area contributed by atoms with Crippen molar-refractivity contribution in [2.75, 3.05) is 6.61 Å². The van der Waals surface area contributed by atoms with Gasteiger partial charge in [-0.15, -0.1) is 0 Å². The second-order valence-electron chi connectivity index (χ2n) is 6.95. The van der Waals surface area contributed by atoms with E-state index in [9.17, 15) is 14.7 Å². The monoisotopic (exact) mass is 498 g/mol. The smallest absolute Gasteiger partial charge is 0.338 e. The van der Waals surface area contributed by atoms with Crippen LogP contribution in [0.2, 0.25) is 0 Å². The van der Waals surface area contributed by atoms with Crippen molar-refractivity contribution in [1.29, 1.82) is 0 Å². The van der Waals surface area contributed by atoms with Crippen LogP contribution in [0.1, 0.15) is 31.0 Å². The van der Waals surface area contributed by atoms with Gasteiger partial charge in [-0.1, -0.05) is 51.5 Å². The van der Waals surface area contributed by atoms with Crippen LogP contribution in [0, 0.1) is 0 Å². The number of hydrogen-bond donors (Lipinski definition) is 1. The van der Waals surface area contributed by atoms with Gasteiger partial charge < -0.3 is 9.84 Å². The third-order valence-electron chi connectivity index (χ3n) is 4.89. The molecule has 0 spiro atoms. The molecule has 1 N–H and O–H groups in total. The topological polar surface area (TPSA) is 80.9 Å². The summed E-state index contributed by atoms with van der Waals surface area (Å²) in [5, 5.41) is 9.50. The van der Waals surface area contributed by atoms with E-state index in [1.165, 1.54) is 11.3 Å². The van der Waals surface area contributed by atoms with E-state index >= 15 is 0 Å². The molecule has 0 saturated carbocycles. The Labute approximate surface area is 190 Å². The van der Waals surface area contributed by atoms with E-state index in [-0.39, 0.29) is 17.9 Å². The fourth-order valence-corrected chi connectivity index (χ4v) is 4.78. The molecular weight excluding hydrogens is 480 g/mol. The zero-order chi connectivity index (χ0) is 22.1. The predicted molar refractivity (Wildman–Crippen MR) is 123 cm³/mol. The third kappa shape index (κ3) is 4.13. The van der Waals surface area contributed by atoms with Crippen LogP contribution in [0.5, 0.6) is 5.75 Å². The molecule has 2 aromatic carbocycles. The molecule has 0 aliphatic carbocycles. The standard InChI is InChI=1S/C23H19BrN2O4S/c1-3-30-22(29)19-13(2)25-23-26(20(19)15-6-8-16(24)9-7-15)21(28)18(31-23)12-14-4-10-17(27)11-5-14/h4-12,20,27H,3H2,1-2H3/b18-12+/t20-/m1/s1. The van der Waals surface area contributed by atoms with Crippen LogP contribution in [0.25, 0.3) is 6.08 Å². The quantitative estimate of drug-likeness (QED) is 0.559. The van der Waals surface area contributed by atoms with E-state index in [0.29, 0.717) is 20.6 Å². The molecule has 3 aromatic rings. The molecule has 0 saturated heterocycles. The Balaban J connectivity index is 1.94. The summed E-state index contributed by atoms with van der Waals surface area (Å²) in [6.45, 7) is 3.73. The van der Waals surface area contributed by atoms with Crippen LogP contribution < -0.4 is 14.9 Å². The summed E-state index contributed by atoms with van der Waals surface area (Å²) in [6.07, 6.45) is 1.76. The number of hydrogen-bond acceptors (Lipinski definition) is 6. The SMILES string of the molecule is CCOC(=O)C1=C(C)N=c2s/c(=C/c3ccc(O)cc3)c(=O)n2[C@@H]1c1ccc(Br)cc1. The van der Waals surface area contributed by atoms with E-state index in [4.69, 9.17) is 4.74 Å². The summed E-state index contributed by atoms with van der Waals surface area (Å²) < 4.78 is 8.23. The Morgan fingerprint density at radius 2 is 1.90 bits per heavy atom. The number of halogens is 1. The van der Waals surface area contributed by atoms with Crippen LogP contribution >= 0.6 is 27.3 Å². The normalized spacial score (nSPS) is 16.1. The van der Waals surface area contributed by atoms with E-state index in [1.54, 1.807) is 48.8 Å². The summed E-state index contributed by atoms with van der Waals surface area (Å²) in [5.41, 5.74) is 2.22. The number of phenolic OH excluding ortho intramolecular Hbond substituents is 1.